The Bertz CT molecular complexity index is 1210. The number of hydrogen-bond donors (Lipinski definition) is 1. The number of nitrogens with zero attached hydrogens (tertiary/aromatic N) is 3. The number of anilines is 1. The largest absolute Gasteiger partial charge is 0.321 e. The van der Waals surface area contributed by atoms with Gasteiger partial charge in [0, 0.05) is 18.1 Å². The lowest BCUT2D eigenvalue weighted by molar-refractivity contribution is 0.103. The van der Waals surface area contributed by atoms with Gasteiger partial charge in [-0.3, -0.25) is 19.1 Å². The molecule has 0 saturated carbocycles. The van der Waals surface area contributed by atoms with Gasteiger partial charge in [0.1, 0.15) is 4.83 Å². The van der Waals surface area contributed by atoms with Crippen LogP contribution < -0.4 is 10.9 Å². The number of benzene rings is 1. The average Bonchev–Trinajstić information content (AvgIpc) is 3.04. The molecule has 3 aromatic heterocycles. The van der Waals surface area contributed by atoms with Crippen LogP contribution in [-0.4, -0.2) is 20.4 Å². The second-order valence-electron chi connectivity index (χ2n) is 6.59. The van der Waals surface area contributed by atoms with Crippen molar-refractivity contribution < 1.29 is 4.79 Å². The first-order chi connectivity index (χ1) is 13.5. The van der Waals surface area contributed by atoms with Gasteiger partial charge < -0.3 is 5.32 Å². The highest BCUT2D eigenvalue weighted by Gasteiger charge is 2.19. The zero-order valence-electron chi connectivity index (χ0n) is 15.5. The number of hydrogen-bond acceptors (Lipinski definition) is 5. The van der Waals surface area contributed by atoms with Gasteiger partial charge in [0.15, 0.2) is 0 Å². The molecule has 0 unspecified atom stereocenters. The lowest BCUT2D eigenvalue weighted by Gasteiger charge is -2.05. The Morgan fingerprint density at radius 3 is 2.54 bits per heavy atom. The number of amides is 1. The highest BCUT2D eigenvalue weighted by Crippen LogP contribution is 2.27. The van der Waals surface area contributed by atoms with Crippen molar-refractivity contribution in [1.29, 1.82) is 0 Å². The fourth-order valence-corrected chi connectivity index (χ4v) is 4.03. The number of thiophene rings is 1. The van der Waals surface area contributed by atoms with E-state index in [1.807, 2.05) is 43.3 Å². The van der Waals surface area contributed by atoms with Crippen LogP contribution in [0.5, 0.6) is 0 Å². The van der Waals surface area contributed by atoms with E-state index in [4.69, 9.17) is 0 Å². The Labute approximate surface area is 165 Å². The molecule has 7 heteroatoms. The molecule has 28 heavy (non-hydrogen) atoms. The summed E-state index contributed by atoms with van der Waals surface area (Å²) in [4.78, 5) is 35.2. The Morgan fingerprint density at radius 1 is 1.11 bits per heavy atom. The summed E-state index contributed by atoms with van der Waals surface area (Å²) in [5, 5.41) is 3.38. The average molecular weight is 390 g/mol. The standard InChI is InChI=1S/C21H18N4O2S/c1-13-3-5-16(6-4-13)24-19(26)18-14(2)17-20(28-18)23-12-25(21(17)27)11-15-7-9-22-10-8-15/h3-10,12H,11H2,1-2H3,(H,24,26). The predicted molar refractivity (Wildman–Crippen MR) is 111 cm³/mol. The minimum atomic E-state index is -0.232. The molecule has 0 bridgehead atoms. The van der Waals surface area contributed by atoms with Gasteiger partial charge in [-0.2, -0.15) is 0 Å². The predicted octanol–water partition coefficient (Wildman–Crippen LogP) is 3.77. The molecular weight excluding hydrogens is 372 g/mol. The third kappa shape index (κ3) is 3.44. The van der Waals surface area contributed by atoms with Crippen LogP contribution >= 0.6 is 11.3 Å². The number of pyridine rings is 1. The highest BCUT2D eigenvalue weighted by atomic mass is 32.1. The number of aromatic nitrogens is 3. The summed E-state index contributed by atoms with van der Waals surface area (Å²) in [6, 6.07) is 11.3. The molecule has 140 valence electrons. The molecule has 0 fully saturated rings. The van der Waals surface area contributed by atoms with Gasteiger partial charge in [-0.05, 0) is 49.2 Å². The molecule has 0 aliphatic carbocycles. The van der Waals surface area contributed by atoms with Crippen LogP contribution in [0, 0.1) is 13.8 Å². The molecule has 0 atom stereocenters. The summed E-state index contributed by atoms with van der Waals surface area (Å²) in [5.74, 6) is -0.232. The molecule has 3 heterocycles. The molecule has 0 aliphatic heterocycles. The summed E-state index contributed by atoms with van der Waals surface area (Å²) in [5.41, 5.74) is 3.31. The van der Waals surface area contributed by atoms with Gasteiger partial charge >= 0.3 is 0 Å². The zero-order chi connectivity index (χ0) is 19.7. The lowest BCUT2D eigenvalue weighted by atomic mass is 10.2. The minimum absolute atomic E-state index is 0.148. The SMILES string of the molecule is Cc1ccc(NC(=O)c2sc3ncn(Cc4ccncc4)c(=O)c3c2C)cc1. The third-order valence-electron chi connectivity index (χ3n) is 4.54. The Hall–Kier alpha value is -3.32. The number of carbonyl (C=O) groups is 1. The fraction of sp³-hybridized carbons (Fsp3) is 0.143. The first-order valence-electron chi connectivity index (χ1n) is 8.78. The van der Waals surface area contributed by atoms with Crippen LogP contribution in [0.1, 0.15) is 26.4 Å². The van der Waals surface area contributed by atoms with Gasteiger partial charge in [0.05, 0.1) is 23.1 Å². The quantitative estimate of drug-likeness (QED) is 0.575. The topological polar surface area (TPSA) is 76.9 Å². The van der Waals surface area contributed by atoms with E-state index >= 15 is 0 Å². The fourth-order valence-electron chi connectivity index (χ4n) is 3.00. The Balaban J connectivity index is 1.68. The summed E-state index contributed by atoms with van der Waals surface area (Å²) in [6.07, 6.45) is 4.91. The van der Waals surface area contributed by atoms with E-state index < -0.39 is 0 Å². The van der Waals surface area contributed by atoms with E-state index in [0.717, 1.165) is 16.8 Å². The van der Waals surface area contributed by atoms with Gasteiger partial charge in [0.25, 0.3) is 11.5 Å². The number of aryl methyl sites for hydroxylation is 2. The maximum Gasteiger partial charge on any atom is 0.266 e. The second kappa shape index (κ2) is 7.36. The molecule has 0 radical (unpaired) electrons. The third-order valence-corrected chi connectivity index (χ3v) is 5.73. The van der Waals surface area contributed by atoms with Gasteiger partial charge in [-0.25, -0.2) is 4.98 Å². The first-order valence-corrected chi connectivity index (χ1v) is 9.60. The van der Waals surface area contributed by atoms with E-state index in [0.29, 0.717) is 27.2 Å². The van der Waals surface area contributed by atoms with Gasteiger partial charge in [0.2, 0.25) is 0 Å². The number of rotatable bonds is 4. The smallest absolute Gasteiger partial charge is 0.266 e. The van der Waals surface area contributed by atoms with Gasteiger partial charge in [-0.1, -0.05) is 17.7 Å². The van der Waals surface area contributed by atoms with Crippen LogP contribution in [0.2, 0.25) is 0 Å². The second-order valence-corrected chi connectivity index (χ2v) is 7.59. The van der Waals surface area contributed by atoms with Crippen LogP contribution in [0.15, 0.2) is 59.9 Å². The molecule has 0 saturated heterocycles. The normalized spacial score (nSPS) is 10.9. The van der Waals surface area contributed by atoms with Crippen molar-refractivity contribution in [3.63, 3.8) is 0 Å². The summed E-state index contributed by atoms with van der Waals surface area (Å²) < 4.78 is 1.55. The number of fused-ring (bicyclic) bond motifs is 1. The minimum Gasteiger partial charge on any atom is -0.321 e. The molecule has 1 aromatic carbocycles. The number of carbonyl (C=O) groups excluding carboxylic acids is 1. The number of nitrogens with one attached hydrogen (secondary N) is 1. The van der Waals surface area contributed by atoms with E-state index in [1.165, 1.54) is 17.7 Å². The zero-order valence-corrected chi connectivity index (χ0v) is 16.3. The molecule has 6 nitrogen and oxygen atoms in total. The van der Waals surface area contributed by atoms with Crippen molar-refractivity contribution in [1.82, 2.24) is 14.5 Å². The van der Waals surface area contributed by atoms with Crippen molar-refractivity contribution >= 4 is 33.1 Å². The maximum atomic E-state index is 13.0. The maximum absolute atomic E-state index is 13.0. The van der Waals surface area contributed by atoms with Crippen LogP contribution in [-0.2, 0) is 6.54 Å². The van der Waals surface area contributed by atoms with E-state index in [9.17, 15) is 9.59 Å². The highest BCUT2D eigenvalue weighted by molar-refractivity contribution is 7.20. The summed E-state index contributed by atoms with van der Waals surface area (Å²) in [6.45, 7) is 4.19. The molecule has 1 N–H and O–H groups in total. The van der Waals surface area contributed by atoms with Crippen molar-refractivity contribution in [2.45, 2.75) is 20.4 Å². The molecule has 0 aliphatic rings. The molecule has 0 spiro atoms. The van der Waals surface area contributed by atoms with E-state index in [-0.39, 0.29) is 11.5 Å². The van der Waals surface area contributed by atoms with Crippen molar-refractivity contribution in [3.05, 3.63) is 87.0 Å². The molecule has 1 amide bonds. The van der Waals surface area contributed by atoms with Crippen molar-refractivity contribution in [2.75, 3.05) is 5.32 Å². The Kier molecular flexibility index (Phi) is 4.75. The summed E-state index contributed by atoms with van der Waals surface area (Å²) in [7, 11) is 0. The van der Waals surface area contributed by atoms with Crippen LogP contribution in [0.4, 0.5) is 5.69 Å². The molecular formula is C21H18N4O2S. The van der Waals surface area contributed by atoms with Crippen LogP contribution in [0.25, 0.3) is 10.2 Å². The molecule has 4 rings (SSSR count). The summed E-state index contributed by atoms with van der Waals surface area (Å²) >= 11 is 1.24. The van der Waals surface area contributed by atoms with Crippen LogP contribution in [0.3, 0.4) is 0 Å². The monoisotopic (exact) mass is 390 g/mol. The van der Waals surface area contributed by atoms with Crippen molar-refractivity contribution in [2.24, 2.45) is 0 Å². The van der Waals surface area contributed by atoms with E-state index in [1.54, 1.807) is 23.9 Å². The molecule has 4 aromatic rings. The first kappa shape index (κ1) is 18.1. The van der Waals surface area contributed by atoms with Gasteiger partial charge in [-0.15, -0.1) is 11.3 Å². The lowest BCUT2D eigenvalue weighted by Crippen LogP contribution is -2.21. The van der Waals surface area contributed by atoms with Crippen molar-refractivity contribution in [3.8, 4) is 0 Å². The Morgan fingerprint density at radius 2 is 1.82 bits per heavy atom. The van der Waals surface area contributed by atoms with E-state index in [2.05, 4.69) is 15.3 Å².